The number of nitrogens with zero attached hydrogens (tertiary/aromatic N) is 3. The zero-order chi connectivity index (χ0) is 66.7. The molecule has 21 rings (SSSR count). The number of aromatic nitrogens is 1. The quantitative estimate of drug-likeness (QED) is 0.161. The third kappa shape index (κ3) is 7.86. The molecule has 1 spiro atoms. The van der Waals surface area contributed by atoms with E-state index < -0.39 is 5.41 Å². The predicted molar refractivity (Wildman–Crippen MR) is 417 cm³/mol. The summed E-state index contributed by atoms with van der Waals surface area (Å²) in [4.78, 5) is 5.23. The number of hydrogen-bond donors (Lipinski definition) is 0. The maximum Gasteiger partial charge on any atom is 0.256 e. The molecule has 15 aromatic rings. The summed E-state index contributed by atoms with van der Waals surface area (Å²) < 4.78 is 17.4. The minimum absolute atomic E-state index is 0.145. The van der Waals surface area contributed by atoms with Crippen molar-refractivity contribution < 1.29 is 9.47 Å². The van der Waals surface area contributed by atoms with Crippen molar-refractivity contribution in [3.63, 3.8) is 0 Å². The van der Waals surface area contributed by atoms with Gasteiger partial charge in [0.25, 0.3) is 13.4 Å². The Morgan fingerprint density at radius 1 is 0.300 bits per heavy atom. The van der Waals surface area contributed by atoms with E-state index >= 15 is 0 Å². The standard InChI is InChI=1S/C93H67B2N3O2/c1-91(2,3)58-28-24-29-60(50-58)96-80-55-81-76(54-75(80)94-74-41-19-23-45-85(74)100-87-53-61(52-83(96)90(87)94)97-77-42-20-13-33-66(77)67-34-14-21-43-78(67)97)95-73-40-18-22-44-84(73)99-86-49-57(48-82(89(86)95)98(81)79-47-46-59(92(4,5)6)51-69(79)56-26-8-7-9-27-56)62-35-25-36-68-65-32-12-17-39-72(65)93(88(62)68)70-37-15-10-30-63(70)64-31-11-16-38-71(64)93/h7-55H,1-6H3. The molecule has 0 amide bonds. The maximum atomic E-state index is 7.60. The van der Waals surface area contributed by atoms with Crippen LogP contribution in [0.5, 0.6) is 23.0 Å². The minimum atomic E-state index is -0.596. The summed E-state index contributed by atoms with van der Waals surface area (Å²) in [5.41, 5.74) is 33.4. The molecule has 0 saturated carbocycles. The highest BCUT2D eigenvalue weighted by Crippen LogP contribution is 2.65. The highest BCUT2D eigenvalue weighted by atomic mass is 16.5. The van der Waals surface area contributed by atoms with Gasteiger partial charge in [0.2, 0.25) is 0 Å². The van der Waals surface area contributed by atoms with Gasteiger partial charge >= 0.3 is 0 Å². The van der Waals surface area contributed by atoms with Gasteiger partial charge in [-0.2, -0.15) is 0 Å². The van der Waals surface area contributed by atoms with E-state index in [0.717, 1.165) is 112 Å². The molecular formula is C93H67B2N3O2. The second-order valence-electron chi connectivity index (χ2n) is 30.2. The molecule has 0 saturated heterocycles. The minimum Gasteiger partial charge on any atom is -0.458 e. The van der Waals surface area contributed by atoms with Crippen molar-refractivity contribution in [3.05, 3.63) is 331 Å². The molecule has 7 heteroatoms. The number of fused-ring (bicyclic) bond motifs is 21. The predicted octanol–water partition coefficient (Wildman–Crippen LogP) is 19.9. The van der Waals surface area contributed by atoms with Crippen LogP contribution in [0.1, 0.15) is 74.9 Å². The fourth-order valence-corrected chi connectivity index (χ4v) is 18.4. The average Bonchev–Trinajstić information content (AvgIpc) is 1.63. The normalized spacial score (nSPS) is 14.3. The van der Waals surface area contributed by atoms with Gasteiger partial charge in [0.15, 0.2) is 0 Å². The third-order valence-corrected chi connectivity index (χ3v) is 22.8. The molecule has 5 heterocycles. The first-order chi connectivity index (χ1) is 48.9. The van der Waals surface area contributed by atoms with Crippen molar-refractivity contribution in [2.24, 2.45) is 0 Å². The van der Waals surface area contributed by atoms with E-state index in [0.29, 0.717) is 0 Å². The van der Waals surface area contributed by atoms with Crippen LogP contribution in [0.3, 0.4) is 0 Å². The molecule has 6 aliphatic rings. The Balaban J connectivity index is 0.891. The van der Waals surface area contributed by atoms with Crippen molar-refractivity contribution in [1.29, 1.82) is 0 Å². The van der Waals surface area contributed by atoms with Crippen LogP contribution in [0.25, 0.3) is 72.0 Å². The maximum absolute atomic E-state index is 7.60. The number of rotatable bonds is 5. The van der Waals surface area contributed by atoms with Gasteiger partial charge in [-0.15, -0.1) is 0 Å². The molecule has 2 aliphatic carbocycles. The highest BCUT2D eigenvalue weighted by Gasteiger charge is 2.54. The van der Waals surface area contributed by atoms with E-state index in [1.165, 1.54) is 82.9 Å². The lowest BCUT2D eigenvalue weighted by Crippen LogP contribution is -2.63. The van der Waals surface area contributed by atoms with E-state index in [2.05, 4.69) is 353 Å². The van der Waals surface area contributed by atoms with E-state index in [4.69, 9.17) is 9.47 Å². The van der Waals surface area contributed by atoms with E-state index in [1.54, 1.807) is 0 Å². The van der Waals surface area contributed by atoms with Gasteiger partial charge in [0, 0.05) is 50.8 Å². The van der Waals surface area contributed by atoms with Gasteiger partial charge in [0.05, 0.1) is 27.8 Å². The Morgan fingerprint density at radius 2 is 0.800 bits per heavy atom. The molecule has 0 N–H and O–H groups in total. The molecule has 0 atom stereocenters. The summed E-state index contributed by atoms with van der Waals surface area (Å²) in [7, 11) is 0. The van der Waals surface area contributed by atoms with Crippen molar-refractivity contribution in [2.75, 3.05) is 9.80 Å². The van der Waals surface area contributed by atoms with Crippen LogP contribution in [-0.2, 0) is 16.2 Å². The van der Waals surface area contributed by atoms with Gasteiger partial charge in [-0.1, -0.05) is 260 Å². The second-order valence-corrected chi connectivity index (χ2v) is 30.2. The third-order valence-electron chi connectivity index (χ3n) is 22.8. The van der Waals surface area contributed by atoms with Crippen LogP contribution in [0.15, 0.2) is 297 Å². The lowest BCUT2D eigenvalue weighted by molar-refractivity contribution is 0.487. The molecule has 100 heavy (non-hydrogen) atoms. The Hall–Kier alpha value is -11.8. The summed E-state index contributed by atoms with van der Waals surface area (Å²) in [6, 6.07) is 112. The lowest BCUT2D eigenvalue weighted by Gasteiger charge is -2.45. The highest BCUT2D eigenvalue weighted by molar-refractivity contribution is 7.02. The SMILES string of the molecule is CC(C)(C)c1cccc(N2c3cc4c(cc3B3c5ccccc5Oc5cc(-n6c7ccccc7c7ccccc76)cc2c53)B2c3ccccc3Oc3cc(-c5cccc6c5C5(c7ccccc7-c7ccccc75)c5ccccc5-6)cc(c32)N4c2ccc(C(C)(C)C)cc2-c2ccccc2)c1. The summed E-state index contributed by atoms with van der Waals surface area (Å²) in [5.74, 6) is 3.44. The van der Waals surface area contributed by atoms with Crippen LogP contribution in [-0.4, -0.2) is 18.0 Å². The number of hydrogen-bond acceptors (Lipinski definition) is 4. The van der Waals surface area contributed by atoms with Gasteiger partial charge in [0.1, 0.15) is 23.0 Å². The summed E-state index contributed by atoms with van der Waals surface area (Å²) in [6.07, 6.45) is 0. The van der Waals surface area contributed by atoms with Crippen molar-refractivity contribution in [1.82, 2.24) is 4.57 Å². The van der Waals surface area contributed by atoms with Crippen LogP contribution >= 0.6 is 0 Å². The van der Waals surface area contributed by atoms with Gasteiger partial charge in [-0.25, -0.2) is 0 Å². The molecule has 1 aromatic heterocycles. The van der Waals surface area contributed by atoms with E-state index in [9.17, 15) is 0 Å². The fourth-order valence-electron chi connectivity index (χ4n) is 18.4. The van der Waals surface area contributed by atoms with E-state index in [1.807, 2.05) is 0 Å². The van der Waals surface area contributed by atoms with Crippen LogP contribution in [0, 0.1) is 0 Å². The van der Waals surface area contributed by atoms with Crippen LogP contribution < -0.4 is 52.1 Å². The smallest absolute Gasteiger partial charge is 0.256 e. The average molecular weight is 1280 g/mol. The first-order valence-electron chi connectivity index (χ1n) is 35.3. The summed E-state index contributed by atoms with van der Waals surface area (Å²) in [5, 5.41) is 2.42. The van der Waals surface area contributed by atoms with Crippen molar-refractivity contribution >= 4 is 102 Å². The lowest BCUT2D eigenvalue weighted by atomic mass is 9.31. The summed E-state index contributed by atoms with van der Waals surface area (Å²) in [6.45, 7) is 13.5. The Labute approximate surface area is 584 Å². The molecule has 0 fully saturated rings. The zero-order valence-corrected chi connectivity index (χ0v) is 56.6. The number of anilines is 6. The largest absolute Gasteiger partial charge is 0.458 e. The second kappa shape index (κ2) is 20.6. The number of para-hydroxylation sites is 4. The molecular weight excluding hydrogens is 1210 g/mol. The first-order valence-corrected chi connectivity index (χ1v) is 35.3. The Morgan fingerprint density at radius 3 is 1.43 bits per heavy atom. The molecule has 0 bridgehead atoms. The summed E-state index contributed by atoms with van der Waals surface area (Å²) >= 11 is 0. The Bertz CT molecular complexity index is 5950. The first kappa shape index (κ1) is 57.3. The van der Waals surface area contributed by atoms with Crippen molar-refractivity contribution in [2.45, 2.75) is 57.8 Å². The topological polar surface area (TPSA) is 29.9 Å². The molecule has 5 nitrogen and oxygen atoms in total. The molecule has 0 unspecified atom stereocenters. The Kier molecular flexibility index (Phi) is 11.8. The van der Waals surface area contributed by atoms with Gasteiger partial charge in [-0.05, 0) is 189 Å². The molecule has 14 aromatic carbocycles. The van der Waals surface area contributed by atoms with Crippen LogP contribution in [0.4, 0.5) is 34.1 Å². The van der Waals surface area contributed by atoms with E-state index in [-0.39, 0.29) is 24.3 Å². The zero-order valence-electron chi connectivity index (χ0n) is 56.6. The molecule has 4 aliphatic heterocycles. The van der Waals surface area contributed by atoms with Crippen LogP contribution in [0.2, 0.25) is 0 Å². The van der Waals surface area contributed by atoms with Gasteiger partial charge < -0.3 is 23.8 Å². The van der Waals surface area contributed by atoms with Gasteiger partial charge in [-0.3, -0.25) is 0 Å². The monoisotopic (exact) mass is 1280 g/mol. The fraction of sp³-hybridized carbons (Fsp3) is 0.0968. The number of ether oxygens (including phenoxy) is 2. The molecule has 472 valence electrons. The van der Waals surface area contributed by atoms with Crippen molar-refractivity contribution in [3.8, 4) is 73.2 Å². The molecule has 0 radical (unpaired) electrons. The number of benzene rings is 14.